The van der Waals surface area contributed by atoms with Crippen molar-refractivity contribution in [1.29, 1.82) is 0 Å². The van der Waals surface area contributed by atoms with E-state index < -0.39 is 35.8 Å². The highest BCUT2D eigenvalue weighted by atomic mass is 19.3. The van der Waals surface area contributed by atoms with Gasteiger partial charge in [-0.05, 0) is 42.0 Å². The van der Waals surface area contributed by atoms with E-state index in [1.807, 2.05) is 0 Å². The normalized spacial score (nSPS) is 20.2. The van der Waals surface area contributed by atoms with Crippen molar-refractivity contribution in [3.05, 3.63) is 83.4 Å². The van der Waals surface area contributed by atoms with Crippen LogP contribution < -0.4 is 11.1 Å². The second-order valence-corrected chi connectivity index (χ2v) is 10.3. The smallest absolute Gasteiger partial charge is 0.272 e. The molecule has 9 nitrogen and oxygen atoms in total. The number of likely N-dealkylation sites (tertiary alicyclic amines) is 2. The third-order valence-electron chi connectivity index (χ3n) is 7.36. The average Bonchev–Trinajstić information content (AvgIpc) is 3.48. The summed E-state index contributed by atoms with van der Waals surface area (Å²) in [6.45, 7) is -0.846. The predicted molar refractivity (Wildman–Crippen MR) is 142 cm³/mol. The molecule has 2 aliphatic rings. The zero-order valence-electron chi connectivity index (χ0n) is 21.6. The molecule has 0 bridgehead atoms. The molecule has 3 N–H and O–H groups in total. The van der Waals surface area contributed by atoms with Gasteiger partial charge in [-0.25, -0.2) is 27.1 Å². The van der Waals surface area contributed by atoms with E-state index in [4.69, 9.17) is 5.73 Å². The van der Waals surface area contributed by atoms with Gasteiger partial charge in [0.1, 0.15) is 23.8 Å². The van der Waals surface area contributed by atoms with Crippen LogP contribution in [0.25, 0.3) is 16.8 Å². The van der Waals surface area contributed by atoms with Crippen LogP contribution in [0.2, 0.25) is 0 Å². The Bertz CT molecular complexity index is 1630. The zero-order chi connectivity index (χ0) is 28.9. The minimum Gasteiger partial charge on any atom is -0.382 e. The Balaban J connectivity index is 1.25. The Morgan fingerprint density at radius 2 is 1.80 bits per heavy atom. The fraction of sp³-hybridized carbons (Fsp3) is 0.286. The minimum atomic E-state index is -2.74. The number of benzene rings is 2. The van der Waals surface area contributed by atoms with E-state index in [1.165, 1.54) is 27.9 Å². The quantitative estimate of drug-likeness (QED) is 0.347. The van der Waals surface area contributed by atoms with Crippen LogP contribution in [0.3, 0.4) is 0 Å². The van der Waals surface area contributed by atoms with Crippen molar-refractivity contribution >= 4 is 23.1 Å². The van der Waals surface area contributed by atoms with Crippen molar-refractivity contribution in [2.45, 2.75) is 24.7 Å². The molecule has 0 radical (unpaired) electrons. The lowest BCUT2D eigenvalue weighted by Gasteiger charge is -2.38. The Hall–Kier alpha value is -4.52. The van der Waals surface area contributed by atoms with Crippen LogP contribution in [0.4, 0.5) is 23.4 Å². The molecule has 2 aliphatic heterocycles. The van der Waals surface area contributed by atoms with Crippen molar-refractivity contribution in [2.75, 3.05) is 31.9 Å². The van der Waals surface area contributed by atoms with Crippen molar-refractivity contribution in [2.24, 2.45) is 0 Å². The van der Waals surface area contributed by atoms with E-state index in [0.29, 0.717) is 22.3 Å². The summed E-state index contributed by atoms with van der Waals surface area (Å²) in [7, 11) is 0. The summed E-state index contributed by atoms with van der Waals surface area (Å²) in [5.41, 5.74) is 8.60. The number of hydrogen-bond acceptors (Lipinski definition) is 6. The van der Waals surface area contributed by atoms with Crippen molar-refractivity contribution in [1.82, 2.24) is 29.7 Å². The number of hydrogen-bond donors (Lipinski definition) is 2. The molecule has 2 aromatic carbocycles. The molecule has 2 amide bonds. The van der Waals surface area contributed by atoms with Crippen LogP contribution in [0.5, 0.6) is 0 Å². The largest absolute Gasteiger partial charge is 0.382 e. The number of aromatic nitrogens is 3. The Kier molecular flexibility index (Phi) is 6.60. The standard InChI is InChI=1S/C28H25F4N7O2/c29-18-7-5-16(6-8-18)27(41)38-11-21(30)22(12-38)36-26(40)20-4-2-1-3-19(20)23-9-17(10-37-13-28(31,32)14-37)24-25(33)34-15-35-39(23)24/h1-9,15,21-22H,10-14H2,(H,36,40)(H2,33,34,35)/t21-,22+/m0/s1. The highest BCUT2D eigenvalue weighted by Crippen LogP contribution is 2.34. The van der Waals surface area contributed by atoms with Crippen molar-refractivity contribution < 1.29 is 27.2 Å². The maximum atomic E-state index is 15.0. The third-order valence-corrected chi connectivity index (χ3v) is 7.36. The van der Waals surface area contributed by atoms with Gasteiger partial charge < -0.3 is 16.0 Å². The number of nitrogen functional groups attached to an aromatic ring is 1. The lowest BCUT2D eigenvalue weighted by molar-refractivity contribution is -0.133. The molecule has 0 spiro atoms. The van der Waals surface area contributed by atoms with Crippen LogP contribution in [-0.2, 0) is 6.54 Å². The average molecular weight is 568 g/mol. The first-order valence-corrected chi connectivity index (χ1v) is 12.9. The van der Waals surface area contributed by atoms with Gasteiger partial charge in [-0.15, -0.1) is 0 Å². The number of halogens is 4. The van der Waals surface area contributed by atoms with Crippen LogP contribution in [0.1, 0.15) is 26.3 Å². The van der Waals surface area contributed by atoms with Crippen molar-refractivity contribution in [3.8, 4) is 11.3 Å². The molecule has 13 heteroatoms. The van der Waals surface area contributed by atoms with Crippen molar-refractivity contribution in [3.63, 3.8) is 0 Å². The van der Waals surface area contributed by atoms with Crippen LogP contribution in [0.15, 0.2) is 60.9 Å². The molecule has 212 valence electrons. The first-order chi connectivity index (χ1) is 19.6. The number of amides is 2. The molecule has 0 aliphatic carbocycles. The molecular formula is C28H25F4N7O2. The fourth-order valence-electron chi connectivity index (χ4n) is 5.41. The van der Waals surface area contributed by atoms with E-state index in [1.54, 1.807) is 35.2 Å². The highest BCUT2D eigenvalue weighted by molar-refractivity contribution is 6.01. The second kappa shape index (κ2) is 10.1. The summed E-state index contributed by atoms with van der Waals surface area (Å²) in [6.07, 6.45) is -0.256. The van der Waals surface area contributed by atoms with E-state index in [2.05, 4.69) is 15.4 Å². The van der Waals surface area contributed by atoms with Gasteiger partial charge in [0.15, 0.2) is 5.82 Å². The maximum absolute atomic E-state index is 15.0. The maximum Gasteiger partial charge on any atom is 0.272 e. The van der Waals surface area contributed by atoms with E-state index in [-0.39, 0.29) is 49.7 Å². The van der Waals surface area contributed by atoms with Gasteiger partial charge in [0.25, 0.3) is 17.7 Å². The molecule has 2 atom stereocenters. The summed E-state index contributed by atoms with van der Waals surface area (Å²) in [4.78, 5) is 33.1. The number of nitrogens with one attached hydrogen (secondary N) is 1. The summed E-state index contributed by atoms with van der Waals surface area (Å²) in [5.74, 6) is -4.10. The van der Waals surface area contributed by atoms with E-state index >= 15 is 0 Å². The molecular weight excluding hydrogens is 542 g/mol. The number of nitrogens with zero attached hydrogens (tertiary/aromatic N) is 5. The molecule has 2 saturated heterocycles. The molecule has 41 heavy (non-hydrogen) atoms. The first kappa shape index (κ1) is 26.7. The number of fused-ring (bicyclic) bond motifs is 1. The topological polar surface area (TPSA) is 109 Å². The number of alkyl halides is 3. The lowest BCUT2D eigenvalue weighted by Crippen LogP contribution is -2.55. The molecule has 2 aromatic heterocycles. The number of carbonyl (C=O) groups excluding carboxylic acids is 2. The molecule has 6 rings (SSSR count). The summed E-state index contributed by atoms with van der Waals surface area (Å²) in [6, 6.07) is 12.4. The van der Waals surface area contributed by atoms with Gasteiger partial charge in [-0.2, -0.15) is 5.10 Å². The number of nitrogens with two attached hydrogens (primary N) is 1. The molecule has 0 saturated carbocycles. The first-order valence-electron chi connectivity index (χ1n) is 12.9. The lowest BCUT2D eigenvalue weighted by atomic mass is 10.0. The van der Waals surface area contributed by atoms with Crippen LogP contribution in [-0.4, -0.2) is 80.5 Å². The molecule has 4 aromatic rings. The predicted octanol–water partition coefficient (Wildman–Crippen LogP) is 3.16. The molecule has 0 unspecified atom stereocenters. The van der Waals surface area contributed by atoms with Gasteiger partial charge in [-0.1, -0.05) is 18.2 Å². The SMILES string of the molecule is Nc1ncnn2c(-c3ccccc3C(=O)N[C@@H]3CN(C(=O)c4ccc(F)cc4)C[C@@H]3F)cc(CN3CC(F)(F)C3)c12. The monoisotopic (exact) mass is 567 g/mol. The zero-order valence-corrected chi connectivity index (χ0v) is 21.6. The number of carbonyl (C=O) groups is 2. The van der Waals surface area contributed by atoms with Gasteiger partial charge in [0, 0.05) is 29.8 Å². The molecule has 4 heterocycles. The Morgan fingerprint density at radius 1 is 1.07 bits per heavy atom. The van der Waals surface area contributed by atoms with Gasteiger partial charge in [0.05, 0.1) is 31.4 Å². The van der Waals surface area contributed by atoms with Gasteiger partial charge >= 0.3 is 0 Å². The van der Waals surface area contributed by atoms with E-state index in [0.717, 1.165) is 12.1 Å². The number of rotatable bonds is 6. The van der Waals surface area contributed by atoms with Gasteiger partial charge in [0.2, 0.25) is 0 Å². The van der Waals surface area contributed by atoms with E-state index in [9.17, 15) is 27.2 Å². The summed E-state index contributed by atoms with van der Waals surface area (Å²) >= 11 is 0. The number of anilines is 1. The third kappa shape index (κ3) is 5.08. The fourth-order valence-corrected chi connectivity index (χ4v) is 5.41. The highest BCUT2D eigenvalue weighted by Gasteiger charge is 2.44. The van der Waals surface area contributed by atoms with Crippen LogP contribution in [0, 0.1) is 5.82 Å². The molecule has 2 fully saturated rings. The van der Waals surface area contributed by atoms with Gasteiger partial charge in [-0.3, -0.25) is 14.5 Å². The Labute approximate surface area is 231 Å². The van der Waals surface area contributed by atoms with Crippen LogP contribution >= 0.6 is 0 Å². The minimum absolute atomic E-state index is 0.0618. The Morgan fingerprint density at radius 3 is 2.54 bits per heavy atom. The second-order valence-electron chi connectivity index (χ2n) is 10.3. The summed E-state index contributed by atoms with van der Waals surface area (Å²) < 4.78 is 56.7. The summed E-state index contributed by atoms with van der Waals surface area (Å²) in [5, 5.41) is 7.00.